The van der Waals surface area contributed by atoms with Crippen LogP contribution in [-0.4, -0.2) is 38.3 Å². The van der Waals surface area contributed by atoms with Gasteiger partial charge in [0.2, 0.25) is 12.2 Å². The first-order valence-corrected chi connectivity index (χ1v) is 6.32. The van der Waals surface area contributed by atoms with Crippen molar-refractivity contribution in [3.8, 4) is 0 Å². The molecule has 0 radical (unpaired) electrons. The fourth-order valence-electron chi connectivity index (χ4n) is 1.60. The second-order valence-electron chi connectivity index (χ2n) is 3.83. The van der Waals surface area contributed by atoms with Crippen LogP contribution in [0.15, 0.2) is 0 Å². The Morgan fingerprint density at radius 2 is 0.833 bits per heavy atom. The minimum absolute atomic E-state index is 0.750. The monoisotopic (exact) mass is 256 g/mol. The molecule has 18 heavy (non-hydrogen) atoms. The molecular formula is C12H24N4O2. The first kappa shape index (κ1) is 19.0. The van der Waals surface area contributed by atoms with Crippen LogP contribution in [0.4, 0.5) is 0 Å². The highest BCUT2D eigenvalue weighted by Crippen LogP contribution is 1.97. The highest BCUT2D eigenvalue weighted by atomic mass is 16.1. The van der Waals surface area contributed by atoms with Gasteiger partial charge in [-0.2, -0.15) is 0 Å². The van der Waals surface area contributed by atoms with Crippen LogP contribution in [0.5, 0.6) is 0 Å². The van der Waals surface area contributed by atoms with E-state index >= 15 is 0 Å². The van der Waals surface area contributed by atoms with E-state index in [-0.39, 0.29) is 0 Å². The molecule has 2 heterocycles. The number of rotatable bonds is 0. The van der Waals surface area contributed by atoms with Crippen LogP contribution in [0.2, 0.25) is 0 Å². The minimum atomic E-state index is 0.750. The molecule has 0 spiro atoms. The summed E-state index contributed by atoms with van der Waals surface area (Å²) in [6.45, 7) is 5.00. The van der Waals surface area contributed by atoms with Crippen LogP contribution in [-0.2, 0) is 9.59 Å². The molecule has 6 nitrogen and oxygen atoms in total. The highest BCUT2D eigenvalue weighted by molar-refractivity contribution is 5.26. The van der Waals surface area contributed by atoms with Gasteiger partial charge in [0.1, 0.15) is 0 Å². The van der Waals surface area contributed by atoms with Crippen LogP contribution >= 0.6 is 0 Å². The smallest absolute Gasteiger partial charge is 0.231 e. The maximum atomic E-state index is 8.35. The van der Waals surface area contributed by atoms with Gasteiger partial charge >= 0.3 is 0 Å². The molecule has 0 unspecified atom stereocenters. The zero-order chi connectivity index (χ0) is 13.9. The Hall–Kier alpha value is -1.32. The number of piperidine rings is 2. The lowest BCUT2D eigenvalue weighted by Gasteiger charge is -2.08. The van der Waals surface area contributed by atoms with Gasteiger partial charge in [-0.15, -0.1) is 0 Å². The summed E-state index contributed by atoms with van der Waals surface area (Å²) in [6.07, 6.45) is 9.93. The lowest BCUT2D eigenvalue weighted by molar-refractivity contribution is 0.520. The summed E-state index contributed by atoms with van der Waals surface area (Å²) in [5, 5.41) is 17.4. The molecule has 2 aliphatic rings. The molecule has 2 rings (SSSR count). The third-order valence-electron chi connectivity index (χ3n) is 2.41. The number of hydrogen-bond donors (Lipinski definition) is 4. The van der Waals surface area contributed by atoms with Crippen molar-refractivity contribution in [1.29, 1.82) is 10.8 Å². The van der Waals surface area contributed by atoms with Gasteiger partial charge in [-0.05, 0) is 51.9 Å². The van der Waals surface area contributed by atoms with Gasteiger partial charge in [0.25, 0.3) is 0 Å². The molecule has 0 bridgehead atoms. The van der Waals surface area contributed by atoms with Crippen molar-refractivity contribution in [3.63, 3.8) is 0 Å². The van der Waals surface area contributed by atoms with Gasteiger partial charge in [0.15, 0.2) is 0 Å². The first-order chi connectivity index (χ1) is 8.83. The van der Waals surface area contributed by atoms with Crippen molar-refractivity contribution in [2.75, 3.05) is 26.2 Å². The summed E-state index contributed by atoms with van der Waals surface area (Å²) < 4.78 is 0. The maximum Gasteiger partial charge on any atom is 0.231 e. The summed E-state index contributed by atoms with van der Waals surface area (Å²) in [6, 6.07) is 0. The molecule has 0 saturated carbocycles. The number of hydrogen-bond acceptors (Lipinski definition) is 6. The summed E-state index contributed by atoms with van der Waals surface area (Å²) >= 11 is 0. The Kier molecular flexibility index (Phi) is 22.2. The molecule has 2 aliphatic heterocycles. The SMILES string of the molecule is C1CCNCC1.C1CCNCC1.N=C=O.N=C=O. The van der Waals surface area contributed by atoms with Gasteiger partial charge < -0.3 is 10.6 Å². The third-order valence-corrected chi connectivity index (χ3v) is 2.41. The van der Waals surface area contributed by atoms with Crippen LogP contribution in [0.1, 0.15) is 38.5 Å². The van der Waals surface area contributed by atoms with E-state index in [1.165, 1.54) is 64.7 Å². The van der Waals surface area contributed by atoms with Crippen molar-refractivity contribution in [1.82, 2.24) is 10.6 Å². The van der Waals surface area contributed by atoms with E-state index in [1.54, 1.807) is 0 Å². The highest BCUT2D eigenvalue weighted by Gasteiger charge is 1.94. The van der Waals surface area contributed by atoms with Crippen LogP contribution in [0, 0.1) is 10.8 Å². The quantitative estimate of drug-likeness (QED) is 0.387. The molecular weight excluding hydrogens is 232 g/mol. The lowest BCUT2D eigenvalue weighted by atomic mass is 10.2. The molecule has 0 aliphatic carbocycles. The van der Waals surface area contributed by atoms with Crippen molar-refractivity contribution in [3.05, 3.63) is 0 Å². The summed E-state index contributed by atoms with van der Waals surface area (Å²) in [7, 11) is 0. The predicted octanol–water partition coefficient (Wildman–Crippen LogP) is 1.32. The normalized spacial score (nSPS) is 16.9. The maximum absolute atomic E-state index is 8.35. The predicted molar refractivity (Wildman–Crippen MR) is 70.3 cm³/mol. The van der Waals surface area contributed by atoms with Crippen LogP contribution in [0.3, 0.4) is 0 Å². The lowest BCUT2D eigenvalue weighted by Crippen LogP contribution is -2.21. The Bertz CT molecular complexity index is 167. The molecule has 4 N–H and O–H groups in total. The number of carbonyl (C=O) groups excluding carboxylic acids is 2. The van der Waals surface area contributed by atoms with E-state index in [9.17, 15) is 0 Å². The second-order valence-corrected chi connectivity index (χ2v) is 3.83. The molecule has 2 saturated heterocycles. The van der Waals surface area contributed by atoms with Crippen LogP contribution in [0.25, 0.3) is 0 Å². The average molecular weight is 256 g/mol. The van der Waals surface area contributed by atoms with E-state index in [4.69, 9.17) is 20.4 Å². The van der Waals surface area contributed by atoms with Crippen molar-refractivity contribution in [2.24, 2.45) is 0 Å². The summed E-state index contributed by atoms with van der Waals surface area (Å²) in [5.74, 6) is 0. The zero-order valence-corrected chi connectivity index (χ0v) is 10.9. The van der Waals surface area contributed by atoms with E-state index in [2.05, 4.69) is 10.6 Å². The van der Waals surface area contributed by atoms with Crippen molar-refractivity contribution < 1.29 is 9.59 Å². The molecule has 0 aromatic heterocycles. The van der Waals surface area contributed by atoms with E-state index in [0.717, 1.165) is 12.2 Å². The largest absolute Gasteiger partial charge is 0.317 e. The molecule has 0 amide bonds. The molecule has 6 heteroatoms. The number of nitrogens with one attached hydrogen (secondary N) is 4. The van der Waals surface area contributed by atoms with Gasteiger partial charge in [0.05, 0.1) is 0 Å². The average Bonchev–Trinajstić information content (AvgIpc) is 2.45. The Morgan fingerprint density at radius 1 is 0.611 bits per heavy atom. The molecule has 0 atom stereocenters. The standard InChI is InChI=1S/2C5H11N.2CHNO/c2*1-2-4-6-5-3-1;2*2-1-3/h2*6H,1-5H2;2*2H. The molecule has 104 valence electrons. The number of isocyanates is 2. The van der Waals surface area contributed by atoms with E-state index in [1.807, 2.05) is 0 Å². The van der Waals surface area contributed by atoms with E-state index < -0.39 is 0 Å². The van der Waals surface area contributed by atoms with Crippen molar-refractivity contribution >= 4 is 12.2 Å². The third kappa shape index (κ3) is 24.1. The first-order valence-electron chi connectivity index (χ1n) is 6.32. The summed E-state index contributed by atoms with van der Waals surface area (Å²) in [5.41, 5.74) is 0. The van der Waals surface area contributed by atoms with Crippen molar-refractivity contribution in [2.45, 2.75) is 38.5 Å². The van der Waals surface area contributed by atoms with Gasteiger partial charge in [-0.1, -0.05) is 12.8 Å². The summed E-state index contributed by atoms with van der Waals surface area (Å²) in [4.78, 5) is 16.7. The van der Waals surface area contributed by atoms with Gasteiger partial charge in [-0.3, -0.25) is 0 Å². The molecule has 0 aromatic rings. The minimum Gasteiger partial charge on any atom is -0.317 e. The molecule has 0 aromatic carbocycles. The Balaban J connectivity index is 0. The Labute approximate surface area is 109 Å². The van der Waals surface area contributed by atoms with Gasteiger partial charge in [0, 0.05) is 0 Å². The fraction of sp³-hybridized carbons (Fsp3) is 0.833. The van der Waals surface area contributed by atoms with E-state index in [0.29, 0.717) is 0 Å². The second kappa shape index (κ2) is 21.0. The Morgan fingerprint density at radius 3 is 0.889 bits per heavy atom. The fourth-order valence-corrected chi connectivity index (χ4v) is 1.60. The molecule has 2 fully saturated rings. The zero-order valence-electron chi connectivity index (χ0n) is 10.9. The van der Waals surface area contributed by atoms with Gasteiger partial charge in [-0.25, -0.2) is 20.4 Å². The topological polar surface area (TPSA) is 106 Å². The van der Waals surface area contributed by atoms with Crippen LogP contribution < -0.4 is 10.6 Å².